The van der Waals surface area contributed by atoms with Gasteiger partial charge in [0.15, 0.2) is 0 Å². The van der Waals surface area contributed by atoms with E-state index in [2.05, 4.69) is 29.1 Å². The van der Waals surface area contributed by atoms with Crippen LogP contribution in [0.4, 0.5) is 0 Å². The van der Waals surface area contributed by atoms with E-state index in [4.69, 9.17) is 4.74 Å². The lowest BCUT2D eigenvalue weighted by molar-refractivity contribution is -0.136. The molecule has 1 atom stereocenters. The highest BCUT2D eigenvalue weighted by atomic mass is 32.2. The van der Waals surface area contributed by atoms with Crippen molar-refractivity contribution in [1.29, 1.82) is 0 Å². The van der Waals surface area contributed by atoms with Crippen molar-refractivity contribution in [1.82, 2.24) is 5.32 Å². The number of benzene rings is 1. The molecule has 0 aromatic heterocycles. The fraction of sp³-hybridized carbons (Fsp3) is 0.524. The number of nitrogens with one attached hydrogen (secondary N) is 1. The van der Waals surface area contributed by atoms with E-state index in [1.54, 1.807) is 5.41 Å². The lowest BCUT2D eigenvalue weighted by Gasteiger charge is -2.12. The number of methoxy groups -OCH3 is 1. The molecule has 1 aliphatic rings. The smallest absolute Gasteiger partial charge is 0.354 e. The highest BCUT2D eigenvalue weighted by molar-refractivity contribution is 8.03. The average molecular weight is 392 g/mol. The van der Waals surface area contributed by atoms with E-state index < -0.39 is 11.3 Å². The molecule has 6 heteroatoms. The monoisotopic (exact) mass is 391 g/mol. The molecule has 1 aromatic carbocycles. The zero-order valence-corrected chi connectivity index (χ0v) is 17.0. The maximum atomic E-state index is 12.2. The number of ether oxygens (including phenoxy) is 2. The molecule has 1 aliphatic heterocycles. The Labute approximate surface area is 165 Å². The highest BCUT2D eigenvalue weighted by Gasteiger charge is 2.27. The molecular formula is C21H29NO4S. The largest absolute Gasteiger partial charge is 0.486 e. The standard InChI is InChI=1S/C21H29NO4S/c1-3-4-5-6-7-8-9-16-10-12-17(13-11-16)26-14-19(23)20-22-18(15-27-20)21(24)25-2/h10-13,15,20,22H,3-9,14H2,1-2H3. The minimum Gasteiger partial charge on any atom is -0.486 e. The summed E-state index contributed by atoms with van der Waals surface area (Å²) in [7, 11) is 1.31. The third kappa shape index (κ3) is 7.29. The van der Waals surface area contributed by atoms with Gasteiger partial charge in [-0.2, -0.15) is 0 Å². The molecule has 148 valence electrons. The van der Waals surface area contributed by atoms with Gasteiger partial charge in [-0.3, -0.25) is 4.79 Å². The minimum absolute atomic E-state index is 0.0380. The van der Waals surface area contributed by atoms with Gasteiger partial charge in [0, 0.05) is 5.41 Å². The predicted octanol–water partition coefficient (Wildman–Crippen LogP) is 4.21. The molecule has 0 spiro atoms. The van der Waals surface area contributed by atoms with Gasteiger partial charge >= 0.3 is 5.97 Å². The van der Waals surface area contributed by atoms with Crippen LogP contribution in [-0.2, 0) is 20.7 Å². The fourth-order valence-electron chi connectivity index (χ4n) is 2.81. The Kier molecular flexibility index (Phi) is 9.25. The highest BCUT2D eigenvalue weighted by Crippen LogP contribution is 2.22. The number of Topliss-reactive ketones (excluding diaryl/α,β-unsaturated/α-hetero) is 1. The topological polar surface area (TPSA) is 64.6 Å². The van der Waals surface area contributed by atoms with Gasteiger partial charge in [-0.05, 0) is 30.5 Å². The van der Waals surface area contributed by atoms with Crippen LogP contribution in [0.25, 0.3) is 0 Å². The number of aryl methyl sites for hydroxylation is 1. The summed E-state index contributed by atoms with van der Waals surface area (Å²) in [6.07, 6.45) is 8.83. The number of carbonyl (C=O) groups excluding carboxylic acids is 2. The van der Waals surface area contributed by atoms with Gasteiger partial charge in [-0.25, -0.2) is 4.79 Å². The van der Waals surface area contributed by atoms with Crippen molar-refractivity contribution in [3.05, 3.63) is 40.9 Å². The van der Waals surface area contributed by atoms with E-state index in [0.717, 1.165) is 6.42 Å². The molecule has 5 nitrogen and oxygen atoms in total. The summed E-state index contributed by atoms with van der Waals surface area (Å²) in [5.41, 5.74) is 1.60. The molecule has 0 fully saturated rings. The van der Waals surface area contributed by atoms with E-state index in [1.165, 1.54) is 63.0 Å². The first-order valence-corrected chi connectivity index (χ1v) is 10.5. The number of carbonyl (C=O) groups is 2. The van der Waals surface area contributed by atoms with Crippen LogP contribution in [0.1, 0.15) is 51.0 Å². The number of thioether (sulfide) groups is 1. The molecule has 0 aliphatic carbocycles. The van der Waals surface area contributed by atoms with Crippen LogP contribution in [-0.4, -0.2) is 30.8 Å². The first-order valence-electron chi connectivity index (χ1n) is 9.59. The molecule has 27 heavy (non-hydrogen) atoms. The van der Waals surface area contributed by atoms with Gasteiger partial charge in [0.1, 0.15) is 23.4 Å². The van der Waals surface area contributed by atoms with Gasteiger partial charge in [0.2, 0.25) is 5.78 Å². The quantitative estimate of drug-likeness (QED) is 0.425. The summed E-state index contributed by atoms with van der Waals surface area (Å²) in [4.78, 5) is 23.6. The van der Waals surface area contributed by atoms with E-state index >= 15 is 0 Å². The maximum Gasteiger partial charge on any atom is 0.354 e. The summed E-state index contributed by atoms with van der Waals surface area (Å²) in [6.45, 7) is 2.19. The van der Waals surface area contributed by atoms with Crippen LogP contribution in [0.5, 0.6) is 5.75 Å². The van der Waals surface area contributed by atoms with E-state index in [-0.39, 0.29) is 12.4 Å². The van der Waals surface area contributed by atoms with Crippen molar-refractivity contribution >= 4 is 23.5 Å². The van der Waals surface area contributed by atoms with Crippen molar-refractivity contribution in [2.75, 3.05) is 13.7 Å². The average Bonchev–Trinajstić information content (AvgIpc) is 3.19. The molecule has 1 unspecified atom stereocenters. The Hall–Kier alpha value is -1.95. The molecule has 1 heterocycles. The first-order chi connectivity index (χ1) is 13.1. The Morgan fingerprint density at radius 2 is 1.78 bits per heavy atom. The molecule has 0 bridgehead atoms. The van der Waals surface area contributed by atoms with Crippen molar-refractivity contribution in [3.8, 4) is 5.75 Å². The second kappa shape index (κ2) is 11.7. The summed E-state index contributed by atoms with van der Waals surface area (Å²) in [5.74, 6) is 0.0881. The second-order valence-electron chi connectivity index (χ2n) is 6.60. The lowest BCUT2D eigenvalue weighted by atomic mass is 10.0. The van der Waals surface area contributed by atoms with Gasteiger partial charge in [-0.15, -0.1) is 0 Å². The molecule has 1 N–H and O–H groups in total. The molecule has 0 saturated carbocycles. The molecule has 0 saturated heterocycles. The maximum absolute atomic E-state index is 12.2. The summed E-state index contributed by atoms with van der Waals surface area (Å²) < 4.78 is 10.2. The van der Waals surface area contributed by atoms with Crippen LogP contribution < -0.4 is 10.1 Å². The third-order valence-electron chi connectivity index (χ3n) is 4.43. The van der Waals surface area contributed by atoms with Gasteiger partial charge < -0.3 is 14.8 Å². The van der Waals surface area contributed by atoms with E-state index in [9.17, 15) is 9.59 Å². The second-order valence-corrected chi connectivity index (χ2v) is 7.58. The van der Waals surface area contributed by atoms with Crippen LogP contribution in [0.2, 0.25) is 0 Å². The number of hydrogen-bond acceptors (Lipinski definition) is 6. The Morgan fingerprint density at radius 1 is 1.07 bits per heavy atom. The Bertz CT molecular complexity index is 642. The molecule has 1 aromatic rings. The van der Waals surface area contributed by atoms with Gasteiger partial charge in [-0.1, -0.05) is 62.9 Å². The predicted molar refractivity (Wildman–Crippen MR) is 109 cm³/mol. The van der Waals surface area contributed by atoms with E-state index in [1.807, 2.05) is 12.1 Å². The number of ketones is 1. The van der Waals surface area contributed by atoms with Gasteiger partial charge in [0.25, 0.3) is 0 Å². The van der Waals surface area contributed by atoms with Crippen molar-refractivity contribution in [2.45, 2.75) is 57.2 Å². The SMILES string of the molecule is CCCCCCCCc1ccc(OCC(=O)C2NC(C(=O)OC)=CS2)cc1. The third-order valence-corrected chi connectivity index (χ3v) is 5.45. The van der Waals surface area contributed by atoms with Crippen LogP contribution in [0.15, 0.2) is 35.4 Å². The number of esters is 1. The number of unbranched alkanes of at least 4 members (excludes halogenated alkanes) is 5. The van der Waals surface area contributed by atoms with Crippen molar-refractivity contribution < 1.29 is 19.1 Å². The lowest BCUT2D eigenvalue weighted by Crippen LogP contribution is -2.35. The van der Waals surface area contributed by atoms with Crippen molar-refractivity contribution in [2.24, 2.45) is 0 Å². The van der Waals surface area contributed by atoms with Crippen molar-refractivity contribution in [3.63, 3.8) is 0 Å². The van der Waals surface area contributed by atoms with E-state index in [0.29, 0.717) is 11.4 Å². The minimum atomic E-state index is -0.508. The number of hydrogen-bond donors (Lipinski definition) is 1. The Balaban J connectivity index is 1.66. The van der Waals surface area contributed by atoms with Crippen LogP contribution in [0.3, 0.4) is 0 Å². The van der Waals surface area contributed by atoms with Crippen LogP contribution >= 0.6 is 11.8 Å². The van der Waals surface area contributed by atoms with Gasteiger partial charge in [0.05, 0.1) is 7.11 Å². The molecule has 2 rings (SSSR count). The number of rotatable bonds is 12. The van der Waals surface area contributed by atoms with Crippen LogP contribution in [0, 0.1) is 0 Å². The fourth-order valence-corrected chi connectivity index (χ4v) is 3.66. The zero-order valence-electron chi connectivity index (χ0n) is 16.2. The summed E-state index contributed by atoms with van der Waals surface area (Å²) in [6, 6.07) is 7.94. The first kappa shape index (κ1) is 21.4. The summed E-state index contributed by atoms with van der Waals surface area (Å²) >= 11 is 1.25. The zero-order chi connectivity index (χ0) is 19.5. The molecule has 0 amide bonds. The Morgan fingerprint density at radius 3 is 2.48 bits per heavy atom. The summed E-state index contributed by atoms with van der Waals surface area (Å²) in [5, 5.41) is 3.94. The molecule has 0 radical (unpaired) electrons. The normalized spacial score (nSPS) is 15.8. The molecular weight excluding hydrogens is 362 g/mol.